The molecule has 0 saturated heterocycles. The number of rotatable bonds is 7. The van der Waals surface area contributed by atoms with E-state index in [4.69, 9.17) is 4.98 Å². The van der Waals surface area contributed by atoms with E-state index in [-0.39, 0.29) is 10.9 Å². The van der Waals surface area contributed by atoms with Gasteiger partial charge in [0.15, 0.2) is 5.65 Å². The number of carbonyl (C=O) groups excluding carboxylic acids is 1. The van der Waals surface area contributed by atoms with Crippen LogP contribution >= 0.6 is 0 Å². The van der Waals surface area contributed by atoms with Gasteiger partial charge in [-0.05, 0) is 61.4 Å². The zero-order valence-corrected chi connectivity index (χ0v) is 23.6. The number of imidazole rings is 1. The van der Waals surface area contributed by atoms with Crippen LogP contribution in [0.1, 0.15) is 74.2 Å². The molecular weight excluding hydrogens is 522 g/mol. The molecule has 40 heavy (non-hydrogen) atoms. The van der Waals surface area contributed by atoms with Gasteiger partial charge in [-0.3, -0.25) is 0 Å². The number of benzene rings is 2. The molecule has 0 radical (unpaired) electrons. The minimum Gasteiger partial charge on any atom is -0.335 e. The van der Waals surface area contributed by atoms with Crippen molar-refractivity contribution in [1.82, 2.24) is 24.6 Å². The summed E-state index contributed by atoms with van der Waals surface area (Å²) in [5.74, 6) is 1.57. The zero-order valence-electron chi connectivity index (χ0n) is 22.8. The van der Waals surface area contributed by atoms with Gasteiger partial charge in [0.05, 0.1) is 11.4 Å². The third-order valence-corrected chi connectivity index (χ3v) is 9.40. The number of aryl methyl sites for hydroxylation is 1. The summed E-state index contributed by atoms with van der Waals surface area (Å²) in [5, 5.41) is 2.86. The molecule has 208 valence electrons. The highest BCUT2D eigenvalue weighted by atomic mass is 32.2. The minimum atomic E-state index is -4.07. The number of aromatic nitrogens is 3. The van der Waals surface area contributed by atoms with E-state index in [2.05, 4.69) is 26.5 Å². The lowest BCUT2D eigenvalue weighted by Gasteiger charge is -2.17. The van der Waals surface area contributed by atoms with Crippen LogP contribution in [0.4, 0.5) is 4.79 Å². The molecular formula is C31H35N5O3S. The number of nitrogens with zero attached hydrogens (tertiary/aromatic N) is 3. The van der Waals surface area contributed by atoms with Crippen molar-refractivity contribution in [3.8, 4) is 11.1 Å². The van der Waals surface area contributed by atoms with Crippen LogP contribution in [0.15, 0.2) is 65.7 Å². The minimum absolute atomic E-state index is 0.00708. The van der Waals surface area contributed by atoms with Gasteiger partial charge in [-0.25, -0.2) is 27.9 Å². The fourth-order valence-electron chi connectivity index (χ4n) is 5.69. The van der Waals surface area contributed by atoms with Crippen LogP contribution in [-0.4, -0.2) is 35.0 Å². The van der Waals surface area contributed by atoms with Gasteiger partial charge in [-0.1, -0.05) is 68.1 Å². The van der Waals surface area contributed by atoms with Gasteiger partial charge in [0.1, 0.15) is 11.3 Å². The Bertz CT molecular complexity index is 1630. The van der Waals surface area contributed by atoms with Gasteiger partial charge < -0.3 is 9.88 Å². The Balaban J connectivity index is 1.22. The number of nitrogens with one attached hydrogen (secondary N) is 2. The molecule has 9 heteroatoms. The predicted molar refractivity (Wildman–Crippen MR) is 156 cm³/mol. The van der Waals surface area contributed by atoms with Gasteiger partial charge in [0.2, 0.25) is 0 Å². The number of carbonyl (C=O) groups is 1. The fraction of sp³-hybridized carbons (Fsp3) is 0.387. The van der Waals surface area contributed by atoms with Gasteiger partial charge in [0.25, 0.3) is 10.0 Å². The Hall–Kier alpha value is -3.72. The number of pyridine rings is 1. The van der Waals surface area contributed by atoms with Crippen molar-refractivity contribution in [3.05, 3.63) is 77.7 Å². The average Bonchev–Trinajstić information content (AvgIpc) is 3.76. The summed E-state index contributed by atoms with van der Waals surface area (Å²) in [6.07, 6.45) is 10.3. The second-order valence-corrected chi connectivity index (χ2v) is 12.7. The van der Waals surface area contributed by atoms with Crippen LogP contribution in [0.3, 0.4) is 0 Å². The first-order valence-corrected chi connectivity index (χ1v) is 15.7. The third kappa shape index (κ3) is 5.61. The molecule has 2 aliphatic rings. The Morgan fingerprint density at radius 1 is 0.950 bits per heavy atom. The zero-order chi connectivity index (χ0) is 27.7. The van der Waals surface area contributed by atoms with Crippen molar-refractivity contribution in [2.75, 3.05) is 0 Å². The van der Waals surface area contributed by atoms with Gasteiger partial charge in [-0.15, -0.1) is 0 Å². The third-order valence-electron chi connectivity index (χ3n) is 8.01. The highest BCUT2D eigenvalue weighted by molar-refractivity contribution is 7.90. The van der Waals surface area contributed by atoms with Crippen molar-refractivity contribution in [3.63, 3.8) is 0 Å². The van der Waals surface area contributed by atoms with Crippen molar-refractivity contribution in [2.45, 2.75) is 81.7 Å². The number of amides is 2. The average molecular weight is 558 g/mol. The van der Waals surface area contributed by atoms with E-state index in [0.717, 1.165) is 85.0 Å². The first-order valence-electron chi connectivity index (χ1n) is 14.2. The molecule has 2 amide bonds. The molecule has 4 aromatic rings. The summed E-state index contributed by atoms with van der Waals surface area (Å²) in [4.78, 5) is 22.3. The van der Waals surface area contributed by atoms with Gasteiger partial charge >= 0.3 is 6.03 Å². The van der Waals surface area contributed by atoms with E-state index in [1.54, 1.807) is 18.2 Å². The van der Waals surface area contributed by atoms with Crippen molar-refractivity contribution < 1.29 is 13.2 Å². The van der Waals surface area contributed by atoms with Crippen LogP contribution in [0, 0.1) is 6.92 Å². The summed E-state index contributed by atoms with van der Waals surface area (Å²) in [7, 11) is -4.07. The van der Waals surface area contributed by atoms with Crippen LogP contribution in [0.5, 0.6) is 0 Å². The monoisotopic (exact) mass is 557 g/mol. The molecule has 2 fully saturated rings. The molecule has 2 aliphatic carbocycles. The molecule has 2 N–H and O–H groups in total. The smallest absolute Gasteiger partial charge is 0.328 e. The maximum atomic E-state index is 13.3. The first kappa shape index (κ1) is 26.5. The predicted octanol–water partition coefficient (Wildman–Crippen LogP) is 6.04. The summed E-state index contributed by atoms with van der Waals surface area (Å²) in [5.41, 5.74) is 5.37. The molecule has 2 heterocycles. The molecule has 8 nitrogen and oxygen atoms in total. The maximum Gasteiger partial charge on any atom is 0.328 e. The lowest BCUT2D eigenvalue weighted by Crippen LogP contribution is -2.44. The van der Waals surface area contributed by atoms with Crippen molar-refractivity contribution >= 4 is 27.2 Å². The Kier molecular flexibility index (Phi) is 7.31. The topological polar surface area (TPSA) is 106 Å². The molecule has 0 unspecified atom stereocenters. The molecule has 6 rings (SSSR count). The molecule has 0 aliphatic heterocycles. The molecule has 2 aromatic heterocycles. The molecule has 2 saturated carbocycles. The number of sulfonamides is 1. The Morgan fingerprint density at radius 3 is 2.40 bits per heavy atom. The lowest BCUT2D eigenvalue weighted by molar-refractivity contribution is 0.240. The normalized spacial score (nSPS) is 16.5. The summed E-state index contributed by atoms with van der Waals surface area (Å²) < 4.78 is 31.0. The number of hydrogen-bond donors (Lipinski definition) is 2. The first-order chi connectivity index (χ1) is 19.4. The highest BCUT2D eigenvalue weighted by Gasteiger charge is 2.30. The van der Waals surface area contributed by atoms with E-state index in [9.17, 15) is 13.2 Å². The second-order valence-electron chi connectivity index (χ2n) is 11.1. The van der Waals surface area contributed by atoms with Crippen molar-refractivity contribution in [1.29, 1.82) is 0 Å². The van der Waals surface area contributed by atoms with Crippen LogP contribution < -0.4 is 10.0 Å². The van der Waals surface area contributed by atoms with Gasteiger partial charge in [-0.2, -0.15) is 0 Å². The van der Waals surface area contributed by atoms with Crippen molar-refractivity contribution in [2.24, 2.45) is 0 Å². The fourth-order valence-corrected chi connectivity index (χ4v) is 6.84. The standard InChI is InChI=1S/C31H35N5O3S/c1-21-18-19-32-30-28(21)34-29(24-16-17-24)36(30)20-22-12-14-23(15-13-22)26-10-6-7-11-27(26)40(38,39)35-31(37)33-25-8-4-2-3-5-9-25/h6-7,10-15,18-19,24-25H,2-5,8-9,16-17,20H2,1H3,(H2,33,35,37). The SMILES string of the molecule is Cc1ccnc2c1nc(C1CC1)n2Cc1ccc(-c2ccccc2S(=O)(=O)NC(=O)NC2CCCCCC2)cc1. The second kappa shape index (κ2) is 11.0. The van der Waals surface area contributed by atoms with Crippen LogP contribution in [-0.2, 0) is 16.6 Å². The van der Waals surface area contributed by atoms with E-state index in [0.29, 0.717) is 18.0 Å². The van der Waals surface area contributed by atoms with E-state index >= 15 is 0 Å². The van der Waals surface area contributed by atoms with E-state index < -0.39 is 16.1 Å². The number of hydrogen-bond acceptors (Lipinski definition) is 5. The molecule has 0 atom stereocenters. The Morgan fingerprint density at radius 2 is 1.68 bits per heavy atom. The van der Waals surface area contributed by atoms with E-state index in [1.807, 2.05) is 36.5 Å². The van der Waals surface area contributed by atoms with Gasteiger partial charge in [0, 0.05) is 23.7 Å². The highest BCUT2D eigenvalue weighted by Crippen LogP contribution is 2.41. The summed E-state index contributed by atoms with van der Waals surface area (Å²) in [6.45, 7) is 2.70. The van der Waals surface area contributed by atoms with E-state index in [1.165, 1.54) is 6.07 Å². The number of urea groups is 1. The summed E-state index contributed by atoms with van der Waals surface area (Å²) >= 11 is 0. The molecule has 2 aromatic carbocycles. The largest absolute Gasteiger partial charge is 0.335 e. The quantitative estimate of drug-likeness (QED) is 0.269. The number of fused-ring (bicyclic) bond motifs is 1. The summed E-state index contributed by atoms with van der Waals surface area (Å²) in [6, 6.07) is 16.0. The maximum absolute atomic E-state index is 13.3. The Labute approximate surface area is 235 Å². The van der Waals surface area contributed by atoms with Crippen LogP contribution in [0.25, 0.3) is 22.3 Å². The molecule has 0 bridgehead atoms. The lowest BCUT2D eigenvalue weighted by atomic mass is 10.0. The van der Waals surface area contributed by atoms with Crippen LogP contribution in [0.2, 0.25) is 0 Å². The molecule has 0 spiro atoms.